The minimum atomic E-state index is -0.874. The van der Waals surface area contributed by atoms with Crippen LogP contribution in [0.4, 0.5) is 0 Å². The summed E-state index contributed by atoms with van der Waals surface area (Å²) in [7, 11) is 4.65. The predicted molar refractivity (Wildman–Crippen MR) is 172 cm³/mol. The summed E-state index contributed by atoms with van der Waals surface area (Å²) < 4.78 is 36.5. The van der Waals surface area contributed by atoms with Crippen molar-refractivity contribution in [2.24, 2.45) is 4.99 Å². The number of halogens is 1. The van der Waals surface area contributed by atoms with Crippen molar-refractivity contribution in [3.63, 3.8) is 0 Å². The Morgan fingerprint density at radius 2 is 1.86 bits per heavy atom. The molecule has 1 aliphatic heterocycles. The van der Waals surface area contributed by atoms with Gasteiger partial charge >= 0.3 is 5.97 Å². The number of carbonyl (C=O) groups excluding carboxylic acids is 1. The van der Waals surface area contributed by atoms with Gasteiger partial charge in [0.15, 0.2) is 27.8 Å². The summed E-state index contributed by atoms with van der Waals surface area (Å²) in [5.74, 6) is 1.53. The molecule has 1 aromatic heterocycles. The van der Waals surface area contributed by atoms with Gasteiger partial charge in [-0.2, -0.15) is 0 Å². The molecule has 2 aromatic carbocycles. The summed E-state index contributed by atoms with van der Waals surface area (Å²) in [6.07, 6.45) is 1.75. The third kappa shape index (κ3) is 6.91. The van der Waals surface area contributed by atoms with E-state index in [1.165, 1.54) is 23.0 Å². The molecule has 1 atom stereocenters. The van der Waals surface area contributed by atoms with E-state index in [1.807, 2.05) is 39.0 Å². The maximum atomic E-state index is 14.2. The number of fused-ring (bicyclic) bond motifs is 1. The first-order valence-electron chi connectivity index (χ1n) is 13.7. The summed E-state index contributed by atoms with van der Waals surface area (Å²) in [4.78, 5) is 32.8. The van der Waals surface area contributed by atoms with E-state index in [9.17, 15) is 9.59 Å². The van der Waals surface area contributed by atoms with Gasteiger partial charge in [-0.3, -0.25) is 9.36 Å². The van der Waals surface area contributed by atoms with Crippen molar-refractivity contribution in [3.8, 4) is 23.0 Å². The third-order valence-corrected chi connectivity index (χ3v) is 8.26. The first-order valence-corrected chi connectivity index (χ1v) is 15.6. The highest BCUT2D eigenvalue weighted by molar-refractivity contribution is 14.1. The monoisotopic (exact) mass is 722 g/mol. The molecular formula is C31H35IN2O8S. The lowest BCUT2D eigenvalue weighted by atomic mass is 9.94. The lowest BCUT2D eigenvalue weighted by molar-refractivity contribution is -0.140. The highest BCUT2D eigenvalue weighted by Crippen LogP contribution is 2.41. The van der Waals surface area contributed by atoms with Crippen LogP contribution in [0.1, 0.15) is 44.9 Å². The van der Waals surface area contributed by atoms with E-state index in [-0.39, 0.29) is 30.5 Å². The Balaban J connectivity index is 1.95. The van der Waals surface area contributed by atoms with E-state index >= 15 is 0 Å². The number of rotatable bonds is 12. The largest absolute Gasteiger partial charge is 0.493 e. The highest BCUT2D eigenvalue weighted by atomic mass is 127. The lowest BCUT2D eigenvalue weighted by Gasteiger charge is -2.27. The first-order chi connectivity index (χ1) is 20.6. The second-order valence-electron chi connectivity index (χ2n) is 9.72. The quantitative estimate of drug-likeness (QED) is 0.156. The van der Waals surface area contributed by atoms with E-state index in [0.29, 0.717) is 50.2 Å². The fourth-order valence-electron chi connectivity index (χ4n) is 4.70. The topological polar surface area (TPSA) is 107 Å². The van der Waals surface area contributed by atoms with Crippen LogP contribution < -0.4 is 33.8 Å². The number of hydrogen-bond acceptors (Lipinski definition) is 10. The molecule has 1 aliphatic rings. The molecule has 0 bridgehead atoms. The van der Waals surface area contributed by atoms with Crippen LogP contribution in [0, 0.1) is 3.57 Å². The normalized spacial score (nSPS) is 14.8. The SMILES string of the molecule is CCOc1c(OC)cccc1[C@@H]1C(C(=O)OCCOC)=C(C)N=c2s/c(=C/c3cc(I)c(OC(C)C)c(OC)c3)c(=O)n21. The van der Waals surface area contributed by atoms with Gasteiger partial charge in [-0.1, -0.05) is 23.5 Å². The van der Waals surface area contributed by atoms with Gasteiger partial charge in [-0.05, 0) is 80.1 Å². The van der Waals surface area contributed by atoms with Crippen molar-refractivity contribution in [2.45, 2.75) is 39.8 Å². The van der Waals surface area contributed by atoms with Crippen LogP contribution in [0.15, 0.2) is 51.4 Å². The highest BCUT2D eigenvalue weighted by Gasteiger charge is 2.36. The molecule has 10 nitrogen and oxygen atoms in total. The molecule has 0 fully saturated rings. The van der Waals surface area contributed by atoms with Crippen LogP contribution in [-0.2, 0) is 14.3 Å². The van der Waals surface area contributed by atoms with Gasteiger partial charge in [0.2, 0.25) is 0 Å². The zero-order chi connectivity index (χ0) is 31.3. The van der Waals surface area contributed by atoms with Crippen molar-refractivity contribution < 1.29 is 33.2 Å². The number of methoxy groups -OCH3 is 3. The Kier molecular flexibility index (Phi) is 10.9. The van der Waals surface area contributed by atoms with Crippen molar-refractivity contribution in [1.29, 1.82) is 0 Å². The Bertz CT molecular complexity index is 1710. The second kappa shape index (κ2) is 14.4. The predicted octanol–water partition coefficient (Wildman–Crippen LogP) is 4.23. The van der Waals surface area contributed by atoms with Crippen LogP contribution in [0.2, 0.25) is 0 Å². The molecule has 3 aromatic rings. The fourth-order valence-corrected chi connectivity index (χ4v) is 6.50. The number of aromatic nitrogens is 1. The van der Waals surface area contributed by atoms with Gasteiger partial charge in [0.05, 0.1) is 52.9 Å². The number of nitrogens with zero attached hydrogens (tertiary/aromatic N) is 2. The molecule has 0 saturated heterocycles. The number of carbonyl (C=O) groups is 1. The van der Waals surface area contributed by atoms with Gasteiger partial charge in [-0.25, -0.2) is 9.79 Å². The maximum absolute atomic E-state index is 14.2. The van der Waals surface area contributed by atoms with Gasteiger partial charge in [0, 0.05) is 12.7 Å². The molecule has 2 heterocycles. The van der Waals surface area contributed by atoms with Gasteiger partial charge in [0.1, 0.15) is 12.6 Å². The number of thiazole rings is 1. The molecule has 12 heteroatoms. The van der Waals surface area contributed by atoms with E-state index in [0.717, 1.165) is 9.13 Å². The Morgan fingerprint density at radius 1 is 1.12 bits per heavy atom. The number of para-hydroxylation sites is 1. The minimum absolute atomic E-state index is 0.0335. The molecule has 0 aliphatic carbocycles. The number of hydrogen-bond donors (Lipinski definition) is 0. The summed E-state index contributed by atoms with van der Waals surface area (Å²) in [6, 6.07) is 8.26. The summed E-state index contributed by atoms with van der Waals surface area (Å²) in [6.45, 7) is 8.12. The van der Waals surface area contributed by atoms with Crippen molar-refractivity contribution >= 4 is 46.0 Å². The Hall–Kier alpha value is -3.36. The number of benzene rings is 2. The molecule has 230 valence electrons. The molecule has 4 rings (SSSR count). The van der Waals surface area contributed by atoms with Crippen LogP contribution in [0.5, 0.6) is 23.0 Å². The smallest absolute Gasteiger partial charge is 0.338 e. The molecule has 0 unspecified atom stereocenters. The third-order valence-electron chi connectivity index (χ3n) is 6.48. The minimum Gasteiger partial charge on any atom is -0.493 e. The molecule has 0 saturated carbocycles. The molecule has 43 heavy (non-hydrogen) atoms. The first kappa shape index (κ1) is 32.6. The van der Waals surface area contributed by atoms with Gasteiger partial charge in [0.25, 0.3) is 5.56 Å². The average molecular weight is 723 g/mol. The lowest BCUT2D eigenvalue weighted by Crippen LogP contribution is -2.40. The van der Waals surface area contributed by atoms with Crippen LogP contribution in [-0.4, -0.2) is 57.8 Å². The van der Waals surface area contributed by atoms with Crippen molar-refractivity contribution in [1.82, 2.24) is 4.57 Å². The van der Waals surface area contributed by atoms with Crippen molar-refractivity contribution in [3.05, 3.63) is 76.0 Å². The maximum Gasteiger partial charge on any atom is 0.338 e. The van der Waals surface area contributed by atoms with Crippen molar-refractivity contribution in [2.75, 3.05) is 41.2 Å². The fraction of sp³-hybridized carbons (Fsp3) is 0.387. The zero-order valence-corrected chi connectivity index (χ0v) is 28.2. The van der Waals surface area contributed by atoms with E-state index < -0.39 is 12.0 Å². The van der Waals surface area contributed by atoms with Crippen LogP contribution in [0.3, 0.4) is 0 Å². The summed E-state index contributed by atoms with van der Waals surface area (Å²) >= 11 is 3.43. The van der Waals surface area contributed by atoms with Gasteiger partial charge < -0.3 is 28.4 Å². The Morgan fingerprint density at radius 3 is 2.51 bits per heavy atom. The van der Waals surface area contributed by atoms with E-state index in [2.05, 4.69) is 27.6 Å². The molecular weight excluding hydrogens is 687 g/mol. The Labute approximate surface area is 267 Å². The molecule has 0 N–H and O–H groups in total. The van der Waals surface area contributed by atoms with Gasteiger partial charge in [-0.15, -0.1) is 0 Å². The summed E-state index contributed by atoms with van der Waals surface area (Å²) in [5.41, 5.74) is 1.69. The number of esters is 1. The second-order valence-corrected chi connectivity index (χ2v) is 11.9. The molecule has 0 amide bonds. The molecule has 0 radical (unpaired) electrons. The van der Waals surface area contributed by atoms with Crippen LogP contribution in [0.25, 0.3) is 6.08 Å². The average Bonchev–Trinajstić information content (AvgIpc) is 3.27. The summed E-state index contributed by atoms with van der Waals surface area (Å²) in [5, 5.41) is 0. The number of ether oxygens (including phenoxy) is 6. The van der Waals surface area contributed by atoms with Crippen LogP contribution >= 0.6 is 33.9 Å². The number of allylic oxidation sites excluding steroid dienone is 1. The van der Waals surface area contributed by atoms with E-state index in [1.54, 1.807) is 39.4 Å². The van der Waals surface area contributed by atoms with E-state index in [4.69, 9.17) is 28.4 Å². The zero-order valence-electron chi connectivity index (χ0n) is 25.2. The molecule has 0 spiro atoms. The standard InChI is InChI=1S/C31H35IN2O8S/c1-8-40-27-20(10-9-11-22(27)38-6)26-25(30(36)41-13-12-37-5)18(4)33-31-34(26)29(35)24(43-31)16-19-14-21(32)28(42-17(2)3)23(15-19)39-7/h9-11,14-17,26H,8,12-13H2,1-7H3/b24-16+/t26-/m1/s1.